The Morgan fingerprint density at radius 1 is 1.00 bits per heavy atom. The second-order valence-electron chi connectivity index (χ2n) is 7.06. The van der Waals surface area contributed by atoms with E-state index in [-0.39, 0.29) is 28.3 Å². The first kappa shape index (κ1) is 21.3. The number of unbranched alkanes of at least 4 members (excludes halogenated alkanes) is 3. The van der Waals surface area contributed by atoms with Crippen LogP contribution in [0, 0.1) is 0 Å². The van der Waals surface area contributed by atoms with E-state index in [2.05, 4.69) is 12.2 Å². The number of nitrogens with one attached hydrogen (secondary N) is 2. The monoisotopic (exact) mass is 408 g/mol. The van der Waals surface area contributed by atoms with Gasteiger partial charge in [0.1, 0.15) is 0 Å². The smallest absolute Gasteiger partial charge is 0.310 e. The number of para-hydroxylation sites is 1. The lowest BCUT2D eigenvalue weighted by molar-refractivity contribution is 0.0676. The Bertz CT molecular complexity index is 1100. The van der Waals surface area contributed by atoms with Gasteiger partial charge in [0.2, 0.25) is 0 Å². The van der Waals surface area contributed by atoms with Gasteiger partial charge in [0, 0.05) is 11.6 Å². The Kier molecular flexibility index (Phi) is 6.98. The lowest BCUT2D eigenvalue weighted by atomic mass is 10.0. The molecule has 3 aromatic rings. The van der Waals surface area contributed by atoms with Crippen LogP contribution < -0.4 is 16.2 Å². The molecule has 1 aromatic heterocycles. The quantitative estimate of drug-likeness (QED) is 0.293. The van der Waals surface area contributed by atoms with E-state index in [1.807, 2.05) is 12.1 Å². The molecule has 1 heterocycles. The Balaban J connectivity index is 1.80. The van der Waals surface area contributed by atoms with Gasteiger partial charge in [-0.1, -0.05) is 44.4 Å². The molecule has 7 heteroatoms. The van der Waals surface area contributed by atoms with Gasteiger partial charge in [0.25, 0.3) is 5.91 Å². The first-order valence-electron chi connectivity index (χ1n) is 9.95. The first-order valence-corrected chi connectivity index (χ1v) is 9.95. The number of carbonyl (C=O) groups is 2. The predicted octanol–water partition coefficient (Wildman–Crippen LogP) is 4.29. The van der Waals surface area contributed by atoms with Crippen molar-refractivity contribution in [1.82, 2.24) is 5.48 Å². The highest BCUT2D eigenvalue weighted by atomic mass is 16.5. The van der Waals surface area contributed by atoms with Crippen molar-refractivity contribution in [2.75, 3.05) is 5.32 Å². The molecule has 0 saturated heterocycles. The summed E-state index contributed by atoms with van der Waals surface area (Å²) >= 11 is 0. The number of carbonyl (C=O) groups excluding carboxylic acids is 2. The van der Waals surface area contributed by atoms with E-state index in [4.69, 9.17) is 9.62 Å². The van der Waals surface area contributed by atoms with Crippen LogP contribution in [0.1, 0.15) is 59.1 Å². The maximum absolute atomic E-state index is 12.7. The molecule has 0 bridgehead atoms. The van der Waals surface area contributed by atoms with Gasteiger partial charge in [-0.05, 0) is 42.7 Å². The third-order valence-corrected chi connectivity index (χ3v) is 4.86. The van der Waals surface area contributed by atoms with Crippen LogP contribution in [0.15, 0.2) is 57.7 Å². The van der Waals surface area contributed by atoms with Gasteiger partial charge in [-0.2, -0.15) is 0 Å². The minimum atomic E-state index is -0.954. The number of aryl methyl sites for hydroxylation is 1. The number of anilines is 1. The van der Waals surface area contributed by atoms with Crippen molar-refractivity contribution in [2.24, 2.45) is 0 Å². The second-order valence-corrected chi connectivity index (χ2v) is 7.06. The Morgan fingerprint density at radius 3 is 2.47 bits per heavy atom. The van der Waals surface area contributed by atoms with Crippen LogP contribution >= 0.6 is 0 Å². The van der Waals surface area contributed by atoms with Gasteiger partial charge in [-0.3, -0.25) is 19.6 Å². The minimum Gasteiger partial charge on any atom is -0.448 e. The zero-order valence-corrected chi connectivity index (χ0v) is 16.7. The van der Waals surface area contributed by atoms with E-state index >= 15 is 0 Å². The lowest BCUT2D eigenvalue weighted by Crippen LogP contribution is -2.20. The molecule has 30 heavy (non-hydrogen) atoms. The molecule has 0 aliphatic rings. The number of hydrogen-bond acceptors (Lipinski definition) is 5. The molecule has 0 aliphatic heterocycles. The summed E-state index contributed by atoms with van der Waals surface area (Å²) in [6.07, 6.45) is 5.72. The van der Waals surface area contributed by atoms with Crippen LogP contribution in [0.2, 0.25) is 0 Å². The highest BCUT2D eigenvalue weighted by molar-refractivity contribution is 6.08. The molecule has 2 aromatic carbocycles. The van der Waals surface area contributed by atoms with Crippen LogP contribution in [0.3, 0.4) is 0 Å². The number of amides is 2. The highest BCUT2D eigenvalue weighted by Gasteiger charge is 2.15. The summed E-state index contributed by atoms with van der Waals surface area (Å²) < 4.78 is 5.46. The molecule has 0 radical (unpaired) electrons. The van der Waals surface area contributed by atoms with Crippen molar-refractivity contribution in [3.63, 3.8) is 0 Å². The van der Waals surface area contributed by atoms with Crippen molar-refractivity contribution in [3.05, 3.63) is 75.6 Å². The van der Waals surface area contributed by atoms with Crippen molar-refractivity contribution in [3.8, 4) is 0 Å². The van der Waals surface area contributed by atoms with Crippen molar-refractivity contribution in [2.45, 2.75) is 39.0 Å². The fourth-order valence-electron chi connectivity index (χ4n) is 3.22. The van der Waals surface area contributed by atoms with E-state index in [0.29, 0.717) is 5.56 Å². The summed E-state index contributed by atoms with van der Waals surface area (Å²) in [4.78, 5) is 36.6. The standard InChI is InChI=1S/C23H24N2O5/c1-2-3-4-5-7-15-10-12-16(13-11-15)22(27)24-18-9-6-8-17-19(26)14-20(23(28)25-29)30-21(17)18/h6,8-14,29H,2-5,7H2,1H3,(H,24,27)(H,25,28). The van der Waals surface area contributed by atoms with Gasteiger partial charge < -0.3 is 9.73 Å². The molecule has 0 unspecified atom stereocenters. The predicted molar refractivity (Wildman–Crippen MR) is 114 cm³/mol. The number of benzene rings is 2. The zero-order chi connectivity index (χ0) is 21.5. The molecule has 2 amide bonds. The summed E-state index contributed by atoms with van der Waals surface area (Å²) in [6, 6.07) is 13.1. The van der Waals surface area contributed by atoms with Gasteiger partial charge >= 0.3 is 5.91 Å². The van der Waals surface area contributed by atoms with Crippen molar-refractivity contribution >= 4 is 28.5 Å². The Morgan fingerprint density at radius 2 is 1.77 bits per heavy atom. The van der Waals surface area contributed by atoms with Crippen LogP contribution in [-0.2, 0) is 6.42 Å². The molecule has 3 N–H and O–H groups in total. The van der Waals surface area contributed by atoms with E-state index in [0.717, 1.165) is 18.9 Å². The number of rotatable bonds is 8. The van der Waals surface area contributed by atoms with E-state index in [9.17, 15) is 14.4 Å². The van der Waals surface area contributed by atoms with Gasteiger partial charge in [-0.15, -0.1) is 0 Å². The summed E-state index contributed by atoms with van der Waals surface area (Å²) in [5.41, 5.74) is 2.93. The maximum Gasteiger partial charge on any atom is 0.310 e. The van der Waals surface area contributed by atoms with Crippen LogP contribution in [0.4, 0.5) is 5.69 Å². The average Bonchev–Trinajstić information content (AvgIpc) is 2.77. The normalized spacial score (nSPS) is 10.7. The summed E-state index contributed by atoms with van der Waals surface area (Å²) in [5.74, 6) is -1.67. The molecule has 0 spiro atoms. The molecule has 3 rings (SSSR count). The summed E-state index contributed by atoms with van der Waals surface area (Å²) in [6.45, 7) is 2.18. The van der Waals surface area contributed by atoms with Gasteiger partial charge in [0.15, 0.2) is 16.8 Å². The molecule has 0 atom stereocenters. The number of hydrogen-bond donors (Lipinski definition) is 3. The van der Waals surface area contributed by atoms with E-state index in [1.54, 1.807) is 24.3 Å². The largest absolute Gasteiger partial charge is 0.448 e. The van der Waals surface area contributed by atoms with Crippen LogP contribution in [-0.4, -0.2) is 17.0 Å². The van der Waals surface area contributed by atoms with Gasteiger partial charge in [0.05, 0.1) is 11.1 Å². The third-order valence-electron chi connectivity index (χ3n) is 4.86. The Hall–Kier alpha value is -3.45. The maximum atomic E-state index is 12.7. The van der Waals surface area contributed by atoms with Crippen molar-refractivity contribution < 1.29 is 19.2 Å². The molecular formula is C23H24N2O5. The van der Waals surface area contributed by atoms with Gasteiger partial charge in [-0.25, -0.2) is 5.48 Å². The highest BCUT2D eigenvalue weighted by Crippen LogP contribution is 2.23. The minimum absolute atomic E-state index is 0.0597. The van der Waals surface area contributed by atoms with Crippen LogP contribution in [0.25, 0.3) is 11.0 Å². The fraction of sp³-hybridized carbons (Fsp3) is 0.261. The molecule has 0 aliphatic carbocycles. The Labute approximate surface area is 173 Å². The molecule has 0 fully saturated rings. The summed E-state index contributed by atoms with van der Waals surface area (Å²) in [7, 11) is 0. The lowest BCUT2D eigenvalue weighted by Gasteiger charge is -2.09. The number of fused-ring (bicyclic) bond motifs is 1. The zero-order valence-electron chi connectivity index (χ0n) is 16.7. The SMILES string of the molecule is CCCCCCc1ccc(C(=O)Nc2cccc3c(=O)cc(C(=O)NO)oc23)cc1. The topological polar surface area (TPSA) is 109 Å². The molecular weight excluding hydrogens is 384 g/mol. The average molecular weight is 408 g/mol. The fourth-order valence-corrected chi connectivity index (χ4v) is 3.22. The molecule has 0 saturated carbocycles. The number of hydroxylamine groups is 1. The van der Waals surface area contributed by atoms with E-state index < -0.39 is 11.3 Å². The van der Waals surface area contributed by atoms with E-state index in [1.165, 1.54) is 36.4 Å². The molecule has 7 nitrogen and oxygen atoms in total. The summed E-state index contributed by atoms with van der Waals surface area (Å²) in [5, 5.41) is 11.7. The second kappa shape index (κ2) is 9.84. The molecule has 156 valence electrons. The van der Waals surface area contributed by atoms with Crippen LogP contribution in [0.5, 0.6) is 0 Å². The van der Waals surface area contributed by atoms with Crippen molar-refractivity contribution in [1.29, 1.82) is 0 Å². The first-order chi connectivity index (χ1) is 14.5. The third kappa shape index (κ3) is 4.93.